The zero-order valence-corrected chi connectivity index (χ0v) is 10.7. The quantitative estimate of drug-likeness (QED) is 0.885. The number of piperidine rings is 1. The zero-order valence-electron chi connectivity index (χ0n) is 9.93. The summed E-state index contributed by atoms with van der Waals surface area (Å²) < 4.78 is 0. The standard InChI is InChI=1S/C13H15ClN2O2/c14-11-4-2-1-3-10(11)13(18)16-7-5-9(6-8-16)12(15)17/h1-4,9H,5-8H2,(H2,15,17). The average molecular weight is 267 g/mol. The molecule has 1 saturated heterocycles. The van der Waals surface area contributed by atoms with Gasteiger partial charge in [-0.05, 0) is 25.0 Å². The summed E-state index contributed by atoms with van der Waals surface area (Å²) in [5, 5.41) is 0.458. The van der Waals surface area contributed by atoms with Crippen molar-refractivity contribution in [3.05, 3.63) is 34.9 Å². The molecule has 0 spiro atoms. The molecule has 2 amide bonds. The minimum Gasteiger partial charge on any atom is -0.369 e. The minimum atomic E-state index is -0.278. The molecule has 2 rings (SSSR count). The molecule has 0 saturated carbocycles. The second-order valence-corrected chi connectivity index (χ2v) is 4.86. The Balaban J connectivity index is 2.04. The first-order valence-corrected chi connectivity index (χ1v) is 6.30. The molecule has 1 aromatic carbocycles. The first-order chi connectivity index (χ1) is 8.59. The number of nitrogens with zero attached hydrogens (tertiary/aromatic N) is 1. The maximum atomic E-state index is 12.2. The van der Waals surface area contributed by atoms with Crippen LogP contribution in [0.3, 0.4) is 0 Å². The monoisotopic (exact) mass is 266 g/mol. The van der Waals surface area contributed by atoms with Crippen molar-refractivity contribution in [3.63, 3.8) is 0 Å². The van der Waals surface area contributed by atoms with E-state index in [9.17, 15) is 9.59 Å². The van der Waals surface area contributed by atoms with Gasteiger partial charge in [0.2, 0.25) is 5.91 Å². The van der Waals surface area contributed by atoms with E-state index in [0.29, 0.717) is 36.5 Å². The number of likely N-dealkylation sites (tertiary alicyclic amines) is 1. The molecule has 4 nitrogen and oxygen atoms in total. The highest BCUT2D eigenvalue weighted by Gasteiger charge is 2.27. The summed E-state index contributed by atoms with van der Waals surface area (Å²) in [5.74, 6) is -0.469. The van der Waals surface area contributed by atoms with Crippen molar-refractivity contribution < 1.29 is 9.59 Å². The second-order valence-electron chi connectivity index (χ2n) is 4.45. The van der Waals surface area contributed by atoms with Crippen LogP contribution in [-0.2, 0) is 4.79 Å². The molecule has 0 atom stereocenters. The molecule has 0 radical (unpaired) electrons. The Bertz CT molecular complexity index is 468. The number of benzene rings is 1. The fourth-order valence-corrected chi connectivity index (χ4v) is 2.39. The lowest BCUT2D eigenvalue weighted by atomic mass is 9.96. The van der Waals surface area contributed by atoms with Crippen molar-refractivity contribution in [2.45, 2.75) is 12.8 Å². The van der Waals surface area contributed by atoms with E-state index >= 15 is 0 Å². The summed E-state index contributed by atoms with van der Waals surface area (Å²) in [6.45, 7) is 1.11. The van der Waals surface area contributed by atoms with E-state index in [4.69, 9.17) is 17.3 Å². The third-order valence-corrected chi connectivity index (χ3v) is 3.62. The third kappa shape index (κ3) is 2.64. The molecule has 1 heterocycles. The minimum absolute atomic E-state index is 0.0801. The molecule has 5 heteroatoms. The molecule has 0 bridgehead atoms. The highest BCUT2D eigenvalue weighted by atomic mass is 35.5. The van der Waals surface area contributed by atoms with Crippen molar-refractivity contribution in [1.29, 1.82) is 0 Å². The number of hydrogen-bond donors (Lipinski definition) is 1. The molecule has 0 unspecified atom stereocenters. The van der Waals surface area contributed by atoms with Gasteiger partial charge < -0.3 is 10.6 Å². The van der Waals surface area contributed by atoms with Gasteiger partial charge in [-0.15, -0.1) is 0 Å². The molecule has 1 aromatic rings. The molecule has 1 fully saturated rings. The topological polar surface area (TPSA) is 63.4 Å². The smallest absolute Gasteiger partial charge is 0.255 e. The van der Waals surface area contributed by atoms with E-state index in [1.807, 2.05) is 0 Å². The van der Waals surface area contributed by atoms with Gasteiger partial charge in [-0.1, -0.05) is 23.7 Å². The van der Waals surface area contributed by atoms with Gasteiger partial charge >= 0.3 is 0 Å². The van der Waals surface area contributed by atoms with Crippen LogP contribution in [0.1, 0.15) is 23.2 Å². The number of carbonyl (C=O) groups excluding carboxylic acids is 2. The van der Waals surface area contributed by atoms with Crippen LogP contribution in [0.15, 0.2) is 24.3 Å². The SMILES string of the molecule is NC(=O)C1CCN(C(=O)c2ccccc2Cl)CC1. The lowest BCUT2D eigenvalue weighted by Gasteiger charge is -2.30. The highest BCUT2D eigenvalue weighted by Crippen LogP contribution is 2.22. The van der Waals surface area contributed by atoms with Crippen molar-refractivity contribution in [2.24, 2.45) is 11.7 Å². The fourth-order valence-electron chi connectivity index (χ4n) is 2.17. The van der Waals surface area contributed by atoms with Gasteiger partial charge in [0.1, 0.15) is 0 Å². The third-order valence-electron chi connectivity index (χ3n) is 3.29. The molecule has 1 aliphatic heterocycles. The fraction of sp³-hybridized carbons (Fsp3) is 0.385. The highest BCUT2D eigenvalue weighted by molar-refractivity contribution is 6.33. The van der Waals surface area contributed by atoms with Crippen molar-refractivity contribution in [1.82, 2.24) is 4.90 Å². The summed E-state index contributed by atoms with van der Waals surface area (Å²) in [6, 6.07) is 6.99. The Morgan fingerprint density at radius 2 is 1.83 bits per heavy atom. The van der Waals surface area contributed by atoms with E-state index in [-0.39, 0.29) is 17.7 Å². The molecule has 96 valence electrons. The summed E-state index contributed by atoms with van der Waals surface area (Å²) in [5.41, 5.74) is 5.77. The lowest BCUT2D eigenvalue weighted by molar-refractivity contribution is -0.123. The molecule has 0 aliphatic carbocycles. The van der Waals surface area contributed by atoms with Crippen LogP contribution in [0.4, 0.5) is 0 Å². The van der Waals surface area contributed by atoms with Gasteiger partial charge in [-0.2, -0.15) is 0 Å². The summed E-state index contributed by atoms with van der Waals surface area (Å²) in [4.78, 5) is 25.0. The maximum absolute atomic E-state index is 12.2. The Hall–Kier alpha value is -1.55. The largest absolute Gasteiger partial charge is 0.369 e. The van der Waals surface area contributed by atoms with Gasteiger partial charge in [0, 0.05) is 19.0 Å². The van der Waals surface area contributed by atoms with Gasteiger partial charge in [0.15, 0.2) is 0 Å². The number of amides is 2. The second kappa shape index (κ2) is 5.40. The van der Waals surface area contributed by atoms with E-state index in [1.54, 1.807) is 29.2 Å². The van der Waals surface area contributed by atoms with E-state index in [1.165, 1.54) is 0 Å². The molecule has 2 N–H and O–H groups in total. The number of nitrogens with two attached hydrogens (primary N) is 1. The Kier molecular flexibility index (Phi) is 3.87. The number of carbonyl (C=O) groups is 2. The summed E-state index contributed by atoms with van der Waals surface area (Å²) >= 11 is 6.00. The first-order valence-electron chi connectivity index (χ1n) is 5.92. The van der Waals surface area contributed by atoms with Gasteiger partial charge in [-0.3, -0.25) is 9.59 Å². The predicted octanol–water partition coefficient (Wildman–Crippen LogP) is 1.68. The van der Waals surface area contributed by atoms with Gasteiger partial charge in [-0.25, -0.2) is 0 Å². The van der Waals surface area contributed by atoms with Crippen molar-refractivity contribution >= 4 is 23.4 Å². The Labute approximate surface area is 111 Å². The summed E-state index contributed by atoms with van der Waals surface area (Å²) in [6.07, 6.45) is 1.26. The molecular formula is C13H15ClN2O2. The number of halogens is 1. The van der Waals surface area contributed by atoms with E-state index < -0.39 is 0 Å². The first kappa shape index (κ1) is 12.9. The molecule has 1 aliphatic rings. The van der Waals surface area contributed by atoms with E-state index in [2.05, 4.69) is 0 Å². The van der Waals surface area contributed by atoms with Crippen LogP contribution in [0.2, 0.25) is 5.02 Å². The van der Waals surface area contributed by atoms with Crippen molar-refractivity contribution in [3.8, 4) is 0 Å². The van der Waals surface area contributed by atoms with Crippen LogP contribution >= 0.6 is 11.6 Å². The van der Waals surface area contributed by atoms with Crippen LogP contribution in [0.25, 0.3) is 0 Å². The van der Waals surface area contributed by atoms with Crippen LogP contribution in [0.5, 0.6) is 0 Å². The normalized spacial score (nSPS) is 16.6. The maximum Gasteiger partial charge on any atom is 0.255 e. The molecule has 0 aromatic heterocycles. The van der Waals surface area contributed by atoms with Gasteiger partial charge in [0.05, 0.1) is 10.6 Å². The molecule has 18 heavy (non-hydrogen) atoms. The number of rotatable bonds is 2. The predicted molar refractivity (Wildman–Crippen MR) is 69.3 cm³/mol. The number of hydrogen-bond acceptors (Lipinski definition) is 2. The zero-order chi connectivity index (χ0) is 13.1. The lowest BCUT2D eigenvalue weighted by Crippen LogP contribution is -2.41. The van der Waals surface area contributed by atoms with Crippen LogP contribution in [0, 0.1) is 5.92 Å². The summed E-state index contributed by atoms with van der Waals surface area (Å²) in [7, 11) is 0. The van der Waals surface area contributed by atoms with Crippen LogP contribution < -0.4 is 5.73 Å². The Morgan fingerprint density at radius 1 is 1.22 bits per heavy atom. The van der Waals surface area contributed by atoms with E-state index in [0.717, 1.165) is 0 Å². The molecular weight excluding hydrogens is 252 g/mol. The van der Waals surface area contributed by atoms with Crippen molar-refractivity contribution in [2.75, 3.05) is 13.1 Å². The van der Waals surface area contributed by atoms with Crippen LogP contribution in [-0.4, -0.2) is 29.8 Å². The average Bonchev–Trinajstić information content (AvgIpc) is 2.38. The Morgan fingerprint density at radius 3 is 2.39 bits per heavy atom. The van der Waals surface area contributed by atoms with Gasteiger partial charge in [0.25, 0.3) is 5.91 Å². The number of primary amides is 1.